The van der Waals surface area contributed by atoms with Gasteiger partial charge in [-0.15, -0.1) is 11.3 Å². The van der Waals surface area contributed by atoms with Crippen LogP contribution in [0.5, 0.6) is 5.75 Å². The first-order chi connectivity index (χ1) is 11.2. The molecule has 3 aromatic rings. The van der Waals surface area contributed by atoms with Gasteiger partial charge in [0.2, 0.25) is 0 Å². The van der Waals surface area contributed by atoms with Crippen LogP contribution in [0.2, 0.25) is 0 Å². The molecular formula is C18H17FN2OS. The van der Waals surface area contributed by atoms with E-state index >= 15 is 0 Å². The van der Waals surface area contributed by atoms with Crippen LogP contribution in [0.4, 0.5) is 10.1 Å². The molecule has 3 rings (SSSR count). The van der Waals surface area contributed by atoms with E-state index in [1.165, 1.54) is 12.1 Å². The van der Waals surface area contributed by atoms with Gasteiger partial charge in [0.25, 0.3) is 0 Å². The fourth-order valence-electron chi connectivity index (χ4n) is 2.23. The van der Waals surface area contributed by atoms with E-state index in [4.69, 9.17) is 10.5 Å². The quantitative estimate of drug-likeness (QED) is 0.534. The Morgan fingerprint density at radius 2 is 2.00 bits per heavy atom. The monoisotopic (exact) mass is 328 g/mol. The van der Waals surface area contributed by atoms with Crippen molar-refractivity contribution < 1.29 is 9.13 Å². The Labute approximate surface area is 138 Å². The summed E-state index contributed by atoms with van der Waals surface area (Å²) in [7, 11) is 0. The standard InChI is InChI=1S/C18H17FN2OS/c19-14-5-2-7-16(11-14)22-9-3-8-18-21-17(12-23-18)13-4-1-6-15(20)10-13/h1-2,4-7,10-12H,3,8-9,20H2. The highest BCUT2D eigenvalue weighted by Gasteiger charge is 2.05. The summed E-state index contributed by atoms with van der Waals surface area (Å²) >= 11 is 1.63. The lowest BCUT2D eigenvalue weighted by Crippen LogP contribution is -1.99. The summed E-state index contributed by atoms with van der Waals surface area (Å²) in [6.07, 6.45) is 1.67. The fourth-order valence-corrected chi connectivity index (χ4v) is 3.08. The molecule has 0 saturated carbocycles. The number of nitrogens with zero attached hydrogens (tertiary/aromatic N) is 1. The topological polar surface area (TPSA) is 48.1 Å². The van der Waals surface area contributed by atoms with Crippen LogP contribution in [0.3, 0.4) is 0 Å². The lowest BCUT2D eigenvalue weighted by molar-refractivity contribution is 0.309. The minimum absolute atomic E-state index is 0.283. The predicted octanol–water partition coefficient (Wildman–Crippen LogP) is 4.54. The van der Waals surface area contributed by atoms with Crippen molar-refractivity contribution in [3.63, 3.8) is 0 Å². The molecule has 0 unspecified atom stereocenters. The number of anilines is 1. The van der Waals surface area contributed by atoms with E-state index in [0.717, 1.165) is 34.8 Å². The molecule has 118 valence electrons. The number of aryl methyl sites for hydroxylation is 1. The van der Waals surface area contributed by atoms with Crippen LogP contribution in [-0.2, 0) is 6.42 Å². The number of nitrogen functional groups attached to an aromatic ring is 1. The van der Waals surface area contributed by atoms with Gasteiger partial charge in [-0.1, -0.05) is 18.2 Å². The van der Waals surface area contributed by atoms with Gasteiger partial charge in [-0.25, -0.2) is 9.37 Å². The number of aromatic nitrogens is 1. The van der Waals surface area contributed by atoms with Crippen LogP contribution >= 0.6 is 11.3 Å². The van der Waals surface area contributed by atoms with Gasteiger partial charge < -0.3 is 10.5 Å². The Morgan fingerprint density at radius 1 is 1.13 bits per heavy atom. The first-order valence-corrected chi connectivity index (χ1v) is 8.27. The largest absolute Gasteiger partial charge is 0.493 e. The highest BCUT2D eigenvalue weighted by Crippen LogP contribution is 2.24. The lowest BCUT2D eigenvalue weighted by atomic mass is 10.1. The van der Waals surface area contributed by atoms with Crippen molar-refractivity contribution in [1.82, 2.24) is 4.98 Å². The molecule has 1 heterocycles. The number of benzene rings is 2. The molecule has 3 nitrogen and oxygen atoms in total. The first-order valence-electron chi connectivity index (χ1n) is 7.39. The van der Waals surface area contributed by atoms with Gasteiger partial charge in [-0.2, -0.15) is 0 Å². The lowest BCUT2D eigenvalue weighted by Gasteiger charge is -2.05. The summed E-state index contributed by atoms with van der Waals surface area (Å²) < 4.78 is 18.6. The van der Waals surface area contributed by atoms with Crippen LogP contribution in [0.1, 0.15) is 11.4 Å². The van der Waals surface area contributed by atoms with Crippen LogP contribution in [-0.4, -0.2) is 11.6 Å². The molecule has 0 radical (unpaired) electrons. The van der Waals surface area contributed by atoms with Crippen molar-refractivity contribution in [3.05, 3.63) is 64.7 Å². The average molecular weight is 328 g/mol. The number of thiazole rings is 1. The second-order valence-corrected chi connectivity index (χ2v) is 6.10. The maximum Gasteiger partial charge on any atom is 0.126 e. The zero-order valence-electron chi connectivity index (χ0n) is 12.5. The van der Waals surface area contributed by atoms with Crippen molar-refractivity contribution in [1.29, 1.82) is 0 Å². The predicted molar refractivity (Wildman–Crippen MR) is 92.2 cm³/mol. The van der Waals surface area contributed by atoms with E-state index in [2.05, 4.69) is 4.98 Å². The first kappa shape index (κ1) is 15.5. The van der Waals surface area contributed by atoms with Crippen LogP contribution in [0.25, 0.3) is 11.3 Å². The van der Waals surface area contributed by atoms with E-state index in [0.29, 0.717) is 12.4 Å². The molecule has 0 aliphatic rings. The Bertz CT molecular complexity index is 788. The summed E-state index contributed by atoms with van der Waals surface area (Å²) in [6.45, 7) is 0.538. The summed E-state index contributed by atoms with van der Waals surface area (Å²) in [4.78, 5) is 4.63. The third-order valence-electron chi connectivity index (χ3n) is 3.33. The fraction of sp³-hybridized carbons (Fsp3) is 0.167. The number of halogens is 1. The molecule has 5 heteroatoms. The highest BCUT2D eigenvalue weighted by atomic mass is 32.1. The smallest absolute Gasteiger partial charge is 0.126 e. The molecule has 2 aromatic carbocycles. The molecule has 0 amide bonds. The van der Waals surface area contributed by atoms with Gasteiger partial charge in [0.1, 0.15) is 11.6 Å². The van der Waals surface area contributed by atoms with Gasteiger partial charge in [-0.05, 0) is 30.7 Å². The number of hydrogen-bond acceptors (Lipinski definition) is 4. The molecule has 23 heavy (non-hydrogen) atoms. The third-order valence-corrected chi connectivity index (χ3v) is 4.24. The number of nitrogens with two attached hydrogens (primary N) is 1. The van der Waals surface area contributed by atoms with Crippen LogP contribution in [0.15, 0.2) is 53.9 Å². The molecule has 0 fully saturated rings. The molecular weight excluding hydrogens is 311 g/mol. The summed E-state index contributed by atoms with van der Waals surface area (Å²) in [5.41, 5.74) is 8.51. The Balaban J connectivity index is 1.51. The minimum atomic E-state index is -0.283. The number of hydrogen-bond donors (Lipinski definition) is 1. The molecule has 1 aromatic heterocycles. The van der Waals surface area contributed by atoms with Gasteiger partial charge in [-0.3, -0.25) is 0 Å². The average Bonchev–Trinajstić information content (AvgIpc) is 3.01. The second-order valence-electron chi connectivity index (χ2n) is 5.16. The minimum Gasteiger partial charge on any atom is -0.493 e. The van der Waals surface area contributed by atoms with Crippen LogP contribution < -0.4 is 10.5 Å². The van der Waals surface area contributed by atoms with E-state index in [1.54, 1.807) is 23.5 Å². The van der Waals surface area contributed by atoms with Crippen molar-refractivity contribution in [2.45, 2.75) is 12.8 Å². The second kappa shape index (κ2) is 7.24. The van der Waals surface area contributed by atoms with E-state index in [9.17, 15) is 4.39 Å². The molecule has 2 N–H and O–H groups in total. The number of rotatable bonds is 6. The third kappa shape index (κ3) is 4.29. The van der Waals surface area contributed by atoms with Crippen molar-refractivity contribution >= 4 is 17.0 Å². The van der Waals surface area contributed by atoms with Gasteiger partial charge >= 0.3 is 0 Å². The Kier molecular flexibility index (Phi) is 4.88. The van der Waals surface area contributed by atoms with E-state index in [-0.39, 0.29) is 5.82 Å². The summed E-state index contributed by atoms with van der Waals surface area (Å²) in [6, 6.07) is 13.9. The van der Waals surface area contributed by atoms with Crippen molar-refractivity contribution in [2.75, 3.05) is 12.3 Å². The zero-order valence-corrected chi connectivity index (χ0v) is 13.4. The van der Waals surface area contributed by atoms with Gasteiger partial charge in [0.15, 0.2) is 0 Å². The molecule has 0 saturated heterocycles. The molecule has 0 spiro atoms. The summed E-state index contributed by atoms with van der Waals surface area (Å²) in [5.74, 6) is 0.277. The molecule has 0 atom stereocenters. The van der Waals surface area contributed by atoms with E-state index in [1.807, 2.05) is 29.6 Å². The normalized spacial score (nSPS) is 10.7. The Morgan fingerprint density at radius 3 is 2.83 bits per heavy atom. The maximum atomic E-state index is 13.0. The van der Waals surface area contributed by atoms with Crippen molar-refractivity contribution in [2.24, 2.45) is 0 Å². The highest BCUT2D eigenvalue weighted by molar-refractivity contribution is 7.09. The van der Waals surface area contributed by atoms with Crippen LogP contribution in [0, 0.1) is 5.82 Å². The zero-order chi connectivity index (χ0) is 16.1. The maximum absolute atomic E-state index is 13.0. The van der Waals surface area contributed by atoms with Gasteiger partial charge in [0.05, 0.1) is 17.3 Å². The van der Waals surface area contributed by atoms with Crippen molar-refractivity contribution in [3.8, 4) is 17.0 Å². The van der Waals surface area contributed by atoms with E-state index < -0.39 is 0 Å². The summed E-state index contributed by atoms with van der Waals surface area (Å²) in [5, 5.41) is 3.10. The number of ether oxygens (including phenoxy) is 1. The molecule has 0 aliphatic carbocycles. The van der Waals surface area contributed by atoms with Gasteiger partial charge in [0, 0.05) is 29.1 Å². The Hall–Kier alpha value is -2.40. The molecule has 0 aliphatic heterocycles. The SMILES string of the molecule is Nc1cccc(-c2csc(CCCOc3cccc(F)c3)n2)c1. The molecule has 0 bridgehead atoms.